The van der Waals surface area contributed by atoms with Gasteiger partial charge in [-0.05, 0) is 19.4 Å². The SMILES string of the molecule is Cc1cc(CNc2cc([C@H]3CCOC3)ncn2)n[nH]1. The fraction of sp³-hybridized carbons (Fsp3) is 0.462. The van der Waals surface area contributed by atoms with Crippen LogP contribution in [0, 0.1) is 6.92 Å². The Bertz CT molecular complexity index is 547. The Hall–Kier alpha value is -1.95. The number of aryl methyl sites for hydroxylation is 1. The van der Waals surface area contributed by atoms with Crippen molar-refractivity contribution >= 4 is 5.82 Å². The van der Waals surface area contributed by atoms with Gasteiger partial charge in [-0.15, -0.1) is 0 Å². The van der Waals surface area contributed by atoms with Crippen molar-refractivity contribution in [1.29, 1.82) is 0 Å². The highest BCUT2D eigenvalue weighted by atomic mass is 16.5. The van der Waals surface area contributed by atoms with Crippen molar-refractivity contribution in [1.82, 2.24) is 20.2 Å². The zero-order valence-corrected chi connectivity index (χ0v) is 10.9. The lowest BCUT2D eigenvalue weighted by Gasteiger charge is -2.09. The first kappa shape index (κ1) is 12.1. The summed E-state index contributed by atoms with van der Waals surface area (Å²) in [6.45, 7) is 4.22. The van der Waals surface area contributed by atoms with Crippen molar-refractivity contribution in [2.24, 2.45) is 0 Å². The average Bonchev–Trinajstić information content (AvgIpc) is 3.08. The van der Waals surface area contributed by atoms with E-state index in [9.17, 15) is 0 Å². The van der Waals surface area contributed by atoms with Crippen LogP contribution in [0.4, 0.5) is 5.82 Å². The number of rotatable bonds is 4. The molecule has 2 N–H and O–H groups in total. The summed E-state index contributed by atoms with van der Waals surface area (Å²) >= 11 is 0. The van der Waals surface area contributed by atoms with Crippen molar-refractivity contribution < 1.29 is 4.74 Å². The average molecular weight is 259 g/mol. The summed E-state index contributed by atoms with van der Waals surface area (Å²) in [5.74, 6) is 1.23. The molecule has 0 spiro atoms. The molecule has 6 nitrogen and oxygen atoms in total. The van der Waals surface area contributed by atoms with Crippen LogP contribution in [0.3, 0.4) is 0 Å². The quantitative estimate of drug-likeness (QED) is 0.872. The summed E-state index contributed by atoms with van der Waals surface area (Å²) < 4.78 is 5.39. The Morgan fingerprint density at radius 2 is 2.37 bits per heavy atom. The molecule has 19 heavy (non-hydrogen) atoms. The molecule has 3 heterocycles. The van der Waals surface area contributed by atoms with Crippen LogP contribution >= 0.6 is 0 Å². The van der Waals surface area contributed by atoms with E-state index in [1.807, 2.05) is 19.1 Å². The van der Waals surface area contributed by atoms with Gasteiger partial charge in [0.2, 0.25) is 0 Å². The fourth-order valence-electron chi connectivity index (χ4n) is 2.21. The lowest BCUT2D eigenvalue weighted by atomic mass is 10.1. The molecule has 0 radical (unpaired) electrons. The number of nitrogens with zero attached hydrogens (tertiary/aromatic N) is 3. The predicted octanol–water partition coefficient (Wildman–Crippen LogP) is 1.62. The molecule has 1 saturated heterocycles. The third-order valence-electron chi connectivity index (χ3n) is 3.25. The second-order valence-electron chi connectivity index (χ2n) is 4.78. The molecule has 2 aromatic heterocycles. The van der Waals surface area contributed by atoms with Crippen molar-refractivity contribution in [3.8, 4) is 0 Å². The number of aromatic nitrogens is 4. The molecule has 0 bridgehead atoms. The maximum Gasteiger partial charge on any atom is 0.129 e. The van der Waals surface area contributed by atoms with Gasteiger partial charge in [0.05, 0.1) is 24.5 Å². The molecule has 0 amide bonds. The summed E-state index contributed by atoms with van der Waals surface area (Å²) in [4.78, 5) is 8.56. The van der Waals surface area contributed by atoms with E-state index in [0.717, 1.165) is 42.5 Å². The molecule has 1 aliphatic rings. The van der Waals surface area contributed by atoms with E-state index >= 15 is 0 Å². The topological polar surface area (TPSA) is 75.7 Å². The van der Waals surface area contributed by atoms with Gasteiger partial charge in [0.25, 0.3) is 0 Å². The number of ether oxygens (including phenoxy) is 1. The van der Waals surface area contributed by atoms with Crippen LogP contribution in [0.25, 0.3) is 0 Å². The Morgan fingerprint density at radius 3 is 3.11 bits per heavy atom. The molecule has 3 rings (SSSR count). The largest absolute Gasteiger partial charge is 0.381 e. The molecule has 1 aliphatic heterocycles. The molecule has 2 aromatic rings. The summed E-state index contributed by atoms with van der Waals surface area (Å²) in [6.07, 6.45) is 2.64. The van der Waals surface area contributed by atoms with Crippen LogP contribution < -0.4 is 5.32 Å². The minimum Gasteiger partial charge on any atom is -0.381 e. The molecular formula is C13H17N5O. The molecule has 0 unspecified atom stereocenters. The maximum absolute atomic E-state index is 5.39. The van der Waals surface area contributed by atoms with Crippen LogP contribution in [-0.2, 0) is 11.3 Å². The van der Waals surface area contributed by atoms with E-state index in [-0.39, 0.29) is 0 Å². The molecule has 0 saturated carbocycles. The lowest BCUT2D eigenvalue weighted by Crippen LogP contribution is -2.06. The van der Waals surface area contributed by atoms with E-state index in [2.05, 4.69) is 25.5 Å². The molecule has 100 valence electrons. The summed E-state index contributed by atoms with van der Waals surface area (Å²) in [7, 11) is 0. The van der Waals surface area contributed by atoms with E-state index in [1.54, 1.807) is 6.33 Å². The molecule has 0 aromatic carbocycles. The van der Waals surface area contributed by atoms with Crippen molar-refractivity contribution in [3.63, 3.8) is 0 Å². The monoisotopic (exact) mass is 259 g/mol. The fourth-order valence-corrected chi connectivity index (χ4v) is 2.21. The Labute approximate surface area is 111 Å². The van der Waals surface area contributed by atoms with Crippen LogP contribution in [0.2, 0.25) is 0 Å². The molecule has 6 heteroatoms. The van der Waals surface area contributed by atoms with Crippen molar-refractivity contribution in [3.05, 3.63) is 35.5 Å². The van der Waals surface area contributed by atoms with Crippen LogP contribution in [0.5, 0.6) is 0 Å². The number of aromatic amines is 1. The number of H-pyrrole nitrogens is 1. The van der Waals surface area contributed by atoms with Gasteiger partial charge in [-0.1, -0.05) is 0 Å². The van der Waals surface area contributed by atoms with E-state index in [1.165, 1.54) is 0 Å². The summed E-state index contributed by atoms with van der Waals surface area (Å²) in [5.41, 5.74) is 3.08. The first-order valence-electron chi connectivity index (χ1n) is 6.46. The van der Waals surface area contributed by atoms with Gasteiger partial charge < -0.3 is 10.1 Å². The highest BCUT2D eigenvalue weighted by molar-refractivity contribution is 5.36. The first-order chi connectivity index (χ1) is 9.31. The number of hydrogen-bond acceptors (Lipinski definition) is 5. The van der Waals surface area contributed by atoms with Gasteiger partial charge >= 0.3 is 0 Å². The molecular weight excluding hydrogens is 242 g/mol. The second-order valence-corrected chi connectivity index (χ2v) is 4.78. The van der Waals surface area contributed by atoms with Crippen LogP contribution in [-0.4, -0.2) is 33.4 Å². The predicted molar refractivity (Wildman–Crippen MR) is 70.9 cm³/mol. The minimum atomic E-state index is 0.399. The molecule has 1 fully saturated rings. The zero-order chi connectivity index (χ0) is 13.1. The normalized spacial score (nSPS) is 18.7. The van der Waals surface area contributed by atoms with Gasteiger partial charge in [0.1, 0.15) is 12.1 Å². The van der Waals surface area contributed by atoms with Gasteiger partial charge in [-0.25, -0.2) is 9.97 Å². The Morgan fingerprint density at radius 1 is 1.42 bits per heavy atom. The highest BCUT2D eigenvalue weighted by Crippen LogP contribution is 2.24. The lowest BCUT2D eigenvalue weighted by molar-refractivity contribution is 0.193. The summed E-state index contributed by atoms with van der Waals surface area (Å²) in [5, 5.41) is 10.4. The van der Waals surface area contributed by atoms with Gasteiger partial charge in [0, 0.05) is 24.3 Å². The van der Waals surface area contributed by atoms with Gasteiger partial charge in [0.15, 0.2) is 0 Å². The third-order valence-corrected chi connectivity index (χ3v) is 3.25. The van der Waals surface area contributed by atoms with Crippen LogP contribution in [0.1, 0.15) is 29.4 Å². The van der Waals surface area contributed by atoms with E-state index in [0.29, 0.717) is 12.5 Å². The van der Waals surface area contributed by atoms with Gasteiger partial charge in [-0.3, -0.25) is 5.10 Å². The summed E-state index contributed by atoms with van der Waals surface area (Å²) in [6, 6.07) is 4.01. The minimum absolute atomic E-state index is 0.399. The van der Waals surface area contributed by atoms with E-state index in [4.69, 9.17) is 4.74 Å². The van der Waals surface area contributed by atoms with Gasteiger partial charge in [-0.2, -0.15) is 5.10 Å². The second kappa shape index (κ2) is 5.36. The van der Waals surface area contributed by atoms with E-state index < -0.39 is 0 Å². The van der Waals surface area contributed by atoms with Crippen molar-refractivity contribution in [2.75, 3.05) is 18.5 Å². The van der Waals surface area contributed by atoms with Crippen LogP contribution in [0.15, 0.2) is 18.5 Å². The smallest absolute Gasteiger partial charge is 0.129 e. The molecule has 1 atom stereocenters. The number of hydrogen-bond donors (Lipinski definition) is 2. The highest BCUT2D eigenvalue weighted by Gasteiger charge is 2.19. The first-order valence-corrected chi connectivity index (χ1v) is 6.46. The third kappa shape index (κ3) is 2.90. The maximum atomic E-state index is 5.39. The Balaban J connectivity index is 1.65. The number of nitrogens with one attached hydrogen (secondary N) is 2. The number of anilines is 1. The Kier molecular flexibility index (Phi) is 3.41. The van der Waals surface area contributed by atoms with Crippen molar-refractivity contribution in [2.45, 2.75) is 25.8 Å². The zero-order valence-electron chi connectivity index (χ0n) is 10.9. The molecule has 0 aliphatic carbocycles. The standard InChI is InChI=1S/C13H17N5O/c1-9-4-11(18-17-9)6-14-13-5-12(15-8-16-13)10-2-3-19-7-10/h4-5,8,10H,2-3,6-7H2,1H3,(H,17,18)(H,14,15,16)/t10-/m0/s1.